The van der Waals surface area contributed by atoms with Crippen LogP contribution in [0.25, 0.3) is 0 Å². The van der Waals surface area contributed by atoms with E-state index in [1.165, 1.54) is 15.3 Å². The first-order chi connectivity index (χ1) is 20.2. The normalized spacial score (nSPS) is 19.6. The Bertz CT molecular complexity index is 1620. The summed E-state index contributed by atoms with van der Waals surface area (Å²) in [6.45, 7) is 3.55. The van der Waals surface area contributed by atoms with Gasteiger partial charge in [0.25, 0.3) is 0 Å². The summed E-state index contributed by atoms with van der Waals surface area (Å²) in [4.78, 5) is 18.6. The molecule has 0 saturated carbocycles. The number of ether oxygens (including phenoxy) is 3. The summed E-state index contributed by atoms with van der Waals surface area (Å²) in [5.74, 6) is 7.04. The number of aliphatic hydroxyl groups excluding tert-OH is 1. The smallest absolute Gasteiger partial charge is 0.321 e. The number of nitrogens with zero attached hydrogens (tertiary/aromatic N) is 3. The highest BCUT2D eigenvalue weighted by molar-refractivity contribution is 7.89. The number of hydrogen-bond acceptors (Lipinski definition) is 8. The van der Waals surface area contributed by atoms with Gasteiger partial charge in [0.15, 0.2) is 11.5 Å². The van der Waals surface area contributed by atoms with E-state index in [1.807, 2.05) is 6.92 Å². The second-order valence-corrected chi connectivity index (χ2v) is 12.1. The third kappa shape index (κ3) is 6.28. The molecule has 2 N–H and O–H groups in total. The number of rotatable bonds is 5. The average molecular weight is 593 g/mol. The Morgan fingerprint density at radius 3 is 2.60 bits per heavy atom. The van der Waals surface area contributed by atoms with E-state index in [4.69, 9.17) is 14.2 Å². The van der Waals surface area contributed by atoms with Crippen molar-refractivity contribution in [2.24, 2.45) is 5.92 Å². The Labute approximate surface area is 245 Å². The number of anilines is 1. The first-order valence-electron chi connectivity index (χ1n) is 13.4. The number of carbonyl (C=O) groups is 1. The Morgan fingerprint density at radius 1 is 1.10 bits per heavy atom. The number of amides is 2. The first kappa shape index (κ1) is 29.2. The molecule has 1 aromatic heterocycles. The van der Waals surface area contributed by atoms with Gasteiger partial charge in [-0.15, -0.1) is 0 Å². The van der Waals surface area contributed by atoms with Crippen LogP contribution in [0.1, 0.15) is 25.0 Å². The molecule has 0 unspecified atom stereocenters. The predicted octanol–water partition coefficient (Wildman–Crippen LogP) is 3.14. The van der Waals surface area contributed by atoms with Gasteiger partial charge in [0.1, 0.15) is 16.7 Å². The van der Waals surface area contributed by atoms with Crippen molar-refractivity contribution in [2.45, 2.75) is 30.9 Å². The lowest BCUT2D eigenvalue weighted by molar-refractivity contribution is 0.0830. The standard InChI is InChI=1S/C30H32N4O7S/c1-20-16-34(21(2)18-35)42(37,38)29-9-6-23(5-4-22-10-12-31-13-11-22)14-27(29)41-28(20)17-33(3)30(36)32-24-7-8-25-26(15-24)40-19-39-25/h6-15,20-21,28,35H,16-19H2,1-3H3,(H,32,36)/t20-,21-,28-/m1/s1. The van der Waals surface area contributed by atoms with Gasteiger partial charge in [0.05, 0.1) is 13.2 Å². The maximum absolute atomic E-state index is 13.7. The molecule has 0 radical (unpaired) electrons. The van der Waals surface area contributed by atoms with Crippen molar-refractivity contribution in [1.82, 2.24) is 14.2 Å². The molecule has 220 valence electrons. The number of likely N-dealkylation sites (N-methyl/N-ethyl adjacent to an activating group) is 1. The summed E-state index contributed by atoms with van der Waals surface area (Å²) in [5, 5.41) is 12.7. The summed E-state index contributed by atoms with van der Waals surface area (Å²) in [5.41, 5.74) is 1.86. The van der Waals surface area contributed by atoms with Gasteiger partial charge in [-0.1, -0.05) is 18.8 Å². The summed E-state index contributed by atoms with van der Waals surface area (Å²) in [6, 6.07) is 12.3. The molecule has 3 heterocycles. The molecule has 2 aliphatic heterocycles. The summed E-state index contributed by atoms with van der Waals surface area (Å²) in [6.07, 6.45) is 2.70. The lowest BCUT2D eigenvalue weighted by atomic mass is 10.0. The number of urea groups is 1. The Hall–Kier alpha value is -4.31. The van der Waals surface area contributed by atoms with Crippen molar-refractivity contribution in [1.29, 1.82) is 0 Å². The van der Waals surface area contributed by atoms with Crippen LogP contribution in [0.15, 0.2) is 65.8 Å². The van der Waals surface area contributed by atoms with E-state index in [9.17, 15) is 18.3 Å². The van der Waals surface area contributed by atoms with E-state index in [1.54, 1.807) is 68.8 Å². The molecule has 12 heteroatoms. The van der Waals surface area contributed by atoms with Crippen LogP contribution < -0.4 is 19.5 Å². The zero-order chi connectivity index (χ0) is 29.9. The zero-order valence-corrected chi connectivity index (χ0v) is 24.3. The van der Waals surface area contributed by atoms with E-state index in [0.29, 0.717) is 22.7 Å². The van der Waals surface area contributed by atoms with Crippen LogP contribution in [0.3, 0.4) is 0 Å². The molecule has 0 bridgehead atoms. The number of aromatic nitrogens is 1. The number of sulfonamides is 1. The van der Waals surface area contributed by atoms with Gasteiger partial charge in [-0.3, -0.25) is 4.98 Å². The summed E-state index contributed by atoms with van der Waals surface area (Å²) < 4.78 is 45.8. The second kappa shape index (κ2) is 12.3. The quantitative estimate of drug-likeness (QED) is 0.432. The number of pyridine rings is 1. The van der Waals surface area contributed by atoms with E-state index in [0.717, 1.165) is 5.56 Å². The van der Waals surface area contributed by atoms with Gasteiger partial charge in [0.2, 0.25) is 16.8 Å². The van der Waals surface area contributed by atoms with Gasteiger partial charge in [-0.05, 0) is 49.4 Å². The highest BCUT2D eigenvalue weighted by atomic mass is 32.2. The largest absolute Gasteiger partial charge is 0.487 e. The van der Waals surface area contributed by atoms with Crippen LogP contribution in [0.5, 0.6) is 17.2 Å². The highest BCUT2D eigenvalue weighted by Gasteiger charge is 2.38. The van der Waals surface area contributed by atoms with Crippen molar-refractivity contribution in [3.8, 4) is 29.1 Å². The monoisotopic (exact) mass is 592 g/mol. The molecular weight excluding hydrogens is 560 g/mol. The number of benzene rings is 2. The van der Waals surface area contributed by atoms with Crippen molar-refractivity contribution in [2.75, 3.05) is 38.9 Å². The second-order valence-electron chi connectivity index (χ2n) is 10.3. The van der Waals surface area contributed by atoms with Gasteiger partial charge in [-0.25, -0.2) is 13.2 Å². The molecule has 0 fully saturated rings. The molecule has 42 heavy (non-hydrogen) atoms. The van der Waals surface area contributed by atoms with E-state index in [-0.39, 0.29) is 49.1 Å². The zero-order valence-electron chi connectivity index (χ0n) is 23.5. The molecule has 3 aromatic rings. The number of nitrogens with one attached hydrogen (secondary N) is 1. The van der Waals surface area contributed by atoms with E-state index < -0.39 is 22.2 Å². The molecule has 2 aromatic carbocycles. The fourth-order valence-electron chi connectivity index (χ4n) is 4.65. The first-order valence-corrected chi connectivity index (χ1v) is 14.9. The fraction of sp³-hybridized carbons (Fsp3) is 0.333. The molecule has 2 aliphatic rings. The summed E-state index contributed by atoms with van der Waals surface area (Å²) in [7, 11) is -2.37. The Morgan fingerprint density at radius 2 is 1.83 bits per heavy atom. The number of hydrogen-bond donors (Lipinski definition) is 2. The molecule has 0 spiro atoms. The fourth-order valence-corrected chi connectivity index (χ4v) is 6.47. The molecule has 5 rings (SSSR count). The molecular formula is C30H32N4O7S. The van der Waals surface area contributed by atoms with Crippen LogP contribution in [0, 0.1) is 17.8 Å². The minimum Gasteiger partial charge on any atom is -0.487 e. The summed E-state index contributed by atoms with van der Waals surface area (Å²) >= 11 is 0. The van der Waals surface area contributed by atoms with Gasteiger partial charge in [0, 0.05) is 60.8 Å². The third-order valence-electron chi connectivity index (χ3n) is 7.12. The van der Waals surface area contributed by atoms with Crippen LogP contribution in [0.2, 0.25) is 0 Å². The molecule has 2 amide bonds. The maximum Gasteiger partial charge on any atom is 0.321 e. The van der Waals surface area contributed by atoms with E-state index in [2.05, 4.69) is 22.1 Å². The lowest BCUT2D eigenvalue weighted by Crippen LogP contribution is -2.50. The average Bonchev–Trinajstić information content (AvgIpc) is 3.46. The SMILES string of the molecule is C[C@@H]1CN([C@H](C)CO)S(=O)(=O)c2ccc(C#Cc3ccncc3)cc2O[C@@H]1CN(C)C(=O)Nc1ccc2c(c1)OCO2. The number of fused-ring (bicyclic) bond motifs is 2. The van der Waals surface area contributed by atoms with Crippen LogP contribution in [0.4, 0.5) is 10.5 Å². The lowest BCUT2D eigenvalue weighted by Gasteiger charge is -2.37. The molecule has 0 aliphatic carbocycles. The van der Waals surface area contributed by atoms with Crippen molar-refractivity contribution >= 4 is 21.7 Å². The van der Waals surface area contributed by atoms with Crippen LogP contribution in [-0.2, 0) is 10.0 Å². The van der Waals surface area contributed by atoms with Gasteiger partial charge in [-0.2, -0.15) is 4.31 Å². The number of aliphatic hydroxyl groups is 1. The minimum absolute atomic E-state index is 0.0263. The Balaban J connectivity index is 1.42. The topological polar surface area (TPSA) is 131 Å². The van der Waals surface area contributed by atoms with Crippen molar-refractivity contribution < 1.29 is 32.5 Å². The minimum atomic E-state index is -4.01. The van der Waals surface area contributed by atoms with Gasteiger partial charge < -0.3 is 29.5 Å². The van der Waals surface area contributed by atoms with Crippen molar-refractivity contribution in [3.05, 3.63) is 72.1 Å². The number of carbonyl (C=O) groups excluding carboxylic acids is 1. The van der Waals surface area contributed by atoms with E-state index >= 15 is 0 Å². The van der Waals surface area contributed by atoms with Gasteiger partial charge >= 0.3 is 6.03 Å². The van der Waals surface area contributed by atoms with Crippen LogP contribution >= 0.6 is 0 Å². The Kier molecular flexibility index (Phi) is 8.54. The molecule has 11 nitrogen and oxygen atoms in total. The molecule has 0 saturated heterocycles. The third-order valence-corrected chi connectivity index (χ3v) is 9.14. The highest BCUT2D eigenvalue weighted by Crippen LogP contribution is 2.35. The predicted molar refractivity (Wildman–Crippen MR) is 155 cm³/mol. The van der Waals surface area contributed by atoms with Crippen molar-refractivity contribution in [3.63, 3.8) is 0 Å². The van der Waals surface area contributed by atoms with Crippen LogP contribution in [-0.4, -0.2) is 79.4 Å². The molecule has 3 atom stereocenters. The maximum atomic E-state index is 13.7.